The van der Waals surface area contributed by atoms with Crippen LogP contribution >= 0.6 is 0 Å². The van der Waals surface area contributed by atoms with Crippen molar-refractivity contribution < 1.29 is 22.7 Å². The number of carbonyl (C=O) groups excluding carboxylic acids is 1. The Morgan fingerprint density at radius 1 is 1.47 bits per heavy atom. The second kappa shape index (κ2) is 5.63. The van der Waals surface area contributed by atoms with Crippen LogP contribution < -0.4 is 0 Å². The fourth-order valence-electron chi connectivity index (χ4n) is 0.866. The second-order valence-electron chi connectivity index (χ2n) is 3.14. The molecule has 0 saturated carbocycles. The van der Waals surface area contributed by atoms with Crippen molar-refractivity contribution >= 4 is 6.09 Å². The number of carbonyl (C=O) groups is 1. The minimum absolute atomic E-state index is 0.202. The molecule has 0 heterocycles. The predicted octanol–water partition coefficient (Wildman–Crippen LogP) is 2.58. The number of ether oxygens (including phenoxy) is 1. The minimum atomic E-state index is -4.49. The zero-order chi connectivity index (χ0) is 12.1. The molecule has 3 nitrogen and oxygen atoms in total. The molecule has 0 N–H and O–H groups in total. The summed E-state index contributed by atoms with van der Waals surface area (Å²) in [6.45, 7) is 5.82. The van der Waals surface area contributed by atoms with Gasteiger partial charge in [0.1, 0.15) is 0 Å². The van der Waals surface area contributed by atoms with E-state index in [4.69, 9.17) is 0 Å². The highest BCUT2D eigenvalue weighted by molar-refractivity contribution is 5.67. The SMILES string of the molecule is C=C(C)CN(CC)C(=O)OCC(F)(F)F. The molecule has 0 aromatic heterocycles. The quantitative estimate of drug-likeness (QED) is 0.688. The van der Waals surface area contributed by atoms with E-state index in [2.05, 4.69) is 11.3 Å². The maximum Gasteiger partial charge on any atom is 0.422 e. The average molecular weight is 225 g/mol. The van der Waals surface area contributed by atoms with Crippen molar-refractivity contribution in [3.63, 3.8) is 0 Å². The Hall–Kier alpha value is -1.20. The first-order chi connectivity index (χ1) is 6.76. The van der Waals surface area contributed by atoms with Crippen LogP contribution in [0.1, 0.15) is 13.8 Å². The van der Waals surface area contributed by atoms with E-state index in [1.54, 1.807) is 13.8 Å². The van der Waals surface area contributed by atoms with E-state index >= 15 is 0 Å². The first-order valence-corrected chi connectivity index (χ1v) is 4.39. The summed E-state index contributed by atoms with van der Waals surface area (Å²) < 4.78 is 39.3. The second-order valence-corrected chi connectivity index (χ2v) is 3.14. The third-order valence-electron chi connectivity index (χ3n) is 1.46. The summed E-state index contributed by atoms with van der Waals surface area (Å²) in [7, 11) is 0. The van der Waals surface area contributed by atoms with Crippen LogP contribution in [0.25, 0.3) is 0 Å². The molecular weight excluding hydrogens is 211 g/mol. The van der Waals surface area contributed by atoms with Gasteiger partial charge >= 0.3 is 12.3 Å². The lowest BCUT2D eigenvalue weighted by Crippen LogP contribution is -2.35. The van der Waals surface area contributed by atoms with E-state index in [0.29, 0.717) is 5.57 Å². The van der Waals surface area contributed by atoms with Crippen LogP contribution in [0.2, 0.25) is 0 Å². The van der Waals surface area contributed by atoms with Crippen molar-refractivity contribution in [3.05, 3.63) is 12.2 Å². The molecule has 0 aliphatic carbocycles. The van der Waals surface area contributed by atoms with E-state index in [1.807, 2.05) is 0 Å². The van der Waals surface area contributed by atoms with Gasteiger partial charge in [-0.1, -0.05) is 12.2 Å². The maximum absolute atomic E-state index is 11.7. The largest absolute Gasteiger partial charge is 0.440 e. The molecule has 88 valence electrons. The van der Waals surface area contributed by atoms with Gasteiger partial charge in [-0.25, -0.2) is 4.79 Å². The zero-order valence-electron chi connectivity index (χ0n) is 8.73. The molecule has 0 saturated heterocycles. The van der Waals surface area contributed by atoms with Crippen LogP contribution in [0.5, 0.6) is 0 Å². The first-order valence-electron chi connectivity index (χ1n) is 4.39. The fraction of sp³-hybridized carbons (Fsp3) is 0.667. The molecule has 0 bridgehead atoms. The number of alkyl halides is 3. The van der Waals surface area contributed by atoms with Gasteiger partial charge in [0, 0.05) is 13.1 Å². The normalized spacial score (nSPS) is 11.0. The highest BCUT2D eigenvalue weighted by Gasteiger charge is 2.30. The number of likely N-dealkylation sites (N-methyl/N-ethyl adjacent to an activating group) is 1. The number of hydrogen-bond donors (Lipinski definition) is 0. The van der Waals surface area contributed by atoms with E-state index < -0.39 is 18.9 Å². The Morgan fingerprint density at radius 2 is 2.00 bits per heavy atom. The Morgan fingerprint density at radius 3 is 2.33 bits per heavy atom. The van der Waals surface area contributed by atoms with Crippen LogP contribution in [0.3, 0.4) is 0 Å². The summed E-state index contributed by atoms with van der Waals surface area (Å²) in [5.41, 5.74) is 0.681. The van der Waals surface area contributed by atoms with Gasteiger partial charge in [0.2, 0.25) is 0 Å². The number of rotatable bonds is 4. The Kier molecular flexibility index (Phi) is 5.18. The van der Waals surface area contributed by atoms with Gasteiger partial charge in [-0.15, -0.1) is 0 Å². The lowest BCUT2D eigenvalue weighted by molar-refractivity contribution is -0.162. The molecular formula is C9H14F3NO2. The highest BCUT2D eigenvalue weighted by atomic mass is 19.4. The summed E-state index contributed by atoms with van der Waals surface area (Å²) in [4.78, 5) is 12.3. The molecule has 6 heteroatoms. The van der Waals surface area contributed by atoms with Crippen LogP contribution in [0.4, 0.5) is 18.0 Å². The summed E-state index contributed by atoms with van der Waals surface area (Å²) >= 11 is 0. The van der Waals surface area contributed by atoms with Gasteiger partial charge < -0.3 is 9.64 Å². The van der Waals surface area contributed by atoms with Crippen molar-refractivity contribution in [1.29, 1.82) is 0 Å². The third-order valence-corrected chi connectivity index (χ3v) is 1.46. The van der Waals surface area contributed by atoms with Crippen LogP contribution in [-0.2, 0) is 4.74 Å². The number of nitrogens with zero attached hydrogens (tertiary/aromatic N) is 1. The highest BCUT2D eigenvalue weighted by Crippen LogP contribution is 2.15. The van der Waals surface area contributed by atoms with E-state index in [0.717, 1.165) is 4.90 Å². The van der Waals surface area contributed by atoms with Crippen LogP contribution in [0.15, 0.2) is 12.2 Å². The molecule has 0 atom stereocenters. The summed E-state index contributed by atoms with van der Waals surface area (Å²) in [5, 5.41) is 0. The Bertz CT molecular complexity index is 238. The van der Waals surface area contributed by atoms with Crippen molar-refractivity contribution in [2.45, 2.75) is 20.0 Å². The topological polar surface area (TPSA) is 29.5 Å². The molecule has 0 radical (unpaired) electrons. The number of hydrogen-bond acceptors (Lipinski definition) is 2. The Balaban J connectivity index is 4.11. The zero-order valence-corrected chi connectivity index (χ0v) is 8.73. The summed E-state index contributed by atoms with van der Waals surface area (Å²) in [6.07, 6.45) is -5.46. The molecule has 0 aliphatic rings. The molecule has 0 aromatic rings. The molecule has 0 aromatic carbocycles. The molecule has 1 amide bonds. The third kappa shape index (κ3) is 6.82. The van der Waals surface area contributed by atoms with E-state index in [-0.39, 0.29) is 13.1 Å². The van der Waals surface area contributed by atoms with Crippen LogP contribution in [0, 0.1) is 0 Å². The van der Waals surface area contributed by atoms with Gasteiger partial charge in [-0.3, -0.25) is 0 Å². The first kappa shape index (κ1) is 13.8. The smallest absolute Gasteiger partial charge is 0.422 e. The maximum atomic E-state index is 11.7. The molecule has 0 spiro atoms. The van der Waals surface area contributed by atoms with Crippen LogP contribution in [-0.4, -0.2) is 36.9 Å². The van der Waals surface area contributed by atoms with Gasteiger partial charge in [0.05, 0.1) is 0 Å². The monoisotopic (exact) mass is 225 g/mol. The van der Waals surface area contributed by atoms with Gasteiger partial charge in [0.25, 0.3) is 0 Å². The molecule has 0 rings (SSSR count). The van der Waals surface area contributed by atoms with E-state index in [9.17, 15) is 18.0 Å². The van der Waals surface area contributed by atoms with Crippen molar-refractivity contribution in [2.24, 2.45) is 0 Å². The summed E-state index contributed by atoms with van der Waals surface area (Å²) in [5.74, 6) is 0. The van der Waals surface area contributed by atoms with E-state index in [1.165, 1.54) is 0 Å². The Labute approximate surface area is 86.5 Å². The van der Waals surface area contributed by atoms with Gasteiger partial charge in [-0.2, -0.15) is 13.2 Å². The van der Waals surface area contributed by atoms with Crippen molar-refractivity contribution in [2.75, 3.05) is 19.7 Å². The van der Waals surface area contributed by atoms with Gasteiger partial charge in [0.15, 0.2) is 6.61 Å². The summed E-state index contributed by atoms with van der Waals surface area (Å²) in [6, 6.07) is 0. The predicted molar refractivity (Wildman–Crippen MR) is 49.5 cm³/mol. The standard InChI is InChI=1S/C9H14F3NO2/c1-4-13(5-7(2)3)8(14)15-6-9(10,11)12/h2,4-6H2,1,3H3. The number of amides is 1. The average Bonchev–Trinajstić information content (AvgIpc) is 2.08. The molecule has 0 fully saturated rings. The van der Waals surface area contributed by atoms with Gasteiger partial charge in [-0.05, 0) is 13.8 Å². The molecule has 0 aliphatic heterocycles. The van der Waals surface area contributed by atoms with Crippen molar-refractivity contribution in [1.82, 2.24) is 4.90 Å². The minimum Gasteiger partial charge on any atom is -0.440 e. The lowest BCUT2D eigenvalue weighted by Gasteiger charge is -2.20. The number of halogens is 3. The fourth-order valence-corrected chi connectivity index (χ4v) is 0.866. The molecule has 0 unspecified atom stereocenters. The molecule has 15 heavy (non-hydrogen) atoms. The van der Waals surface area contributed by atoms with Crippen molar-refractivity contribution in [3.8, 4) is 0 Å². The lowest BCUT2D eigenvalue weighted by atomic mass is 10.3.